The van der Waals surface area contributed by atoms with Gasteiger partial charge in [-0.3, -0.25) is 9.59 Å². The fraction of sp³-hybridized carbons (Fsp3) is 0.529. The van der Waals surface area contributed by atoms with E-state index in [2.05, 4.69) is 5.32 Å². The molecule has 1 atom stereocenters. The molecule has 1 aliphatic heterocycles. The summed E-state index contributed by atoms with van der Waals surface area (Å²) < 4.78 is 28.2. The number of ketones is 1. The highest BCUT2D eigenvalue weighted by molar-refractivity contribution is 7.91. The van der Waals surface area contributed by atoms with Gasteiger partial charge < -0.3 is 10.1 Å². The van der Waals surface area contributed by atoms with Crippen LogP contribution in [-0.2, 0) is 14.6 Å². The van der Waals surface area contributed by atoms with Crippen molar-refractivity contribution < 1.29 is 22.7 Å². The van der Waals surface area contributed by atoms with Crippen LogP contribution < -0.4 is 10.1 Å². The average Bonchev–Trinajstić information content (AvgIpc) is 2.89. The molecule has 1 fully saturated rings. The van der Waals surface area contributed by atoms with E-state index in [0.717, 1.165) is 6.42 Å². The smallest absolute Gasteiger partial charge is 0.220 e. The third-order valence-electron chi connectivity index (χ3n) is 3.83. The predicted molar refractivity (Wildman–Crippen MR) is 91.0 cm³/mol. The van der Waals surface area contributed by atoms with Crippen LogP contribution in [0.25, 0.3) is 0 Å². The first-order valence-corrected chi connectivity index (χ1v) is 9.97. The summed E-state index contributed by atoms with van der Waals surface area (Å²) in [4.78, 5) is 23.9. The molecule has 1 saturated heterocycles. The summed E-state index contributed by atoms with van der Waals surface area (Å²) in [7, 11) is -3.02. The molecule has 1 aromatic rings. The molecular weight excluding hydrogens is 330 g/mol. The van der Waals surface area contributed by atoms with Crippen LogP contribution >= 0.6 is 0 Å². The van der Waals surface area contributed by atoms with E-state index in [9.17, 15) is 18.0 Å². The SMILES string of the molecule is CCCOc1ccc(C(=O)CCC(=O)N[C@H]2CCS(=O)(=O)C2)cc1. The van der Waals surface area contributed by atoms with E-state index < -0.39 is 9.84 Å². The Bertz CT molecular complexity index is 681. The van der Waals surface area contributed by atoms with Crippen LogP contribution in [0.1, 0.15) is 43.0 Å². The minimum Gasteiger partial charge on any atom is -0.494 e. The monoisotopic (exact) mass is 353 g/mol. The maximum absolute atomic E-state index is 12.1. The third kappa shape index (κ3) is 5.63. The summed E-state index contributed by atoms with van der Waals surface area (Å²) in [5, 5.41) is 2.68. The first kappa shape index (κ1) is 18.4. The number of ether oxygens (including phenoxy) is 1. The van der Waals surface area contributed by atoms with E-state index in [1.807, 2.05) is 6.92 Å². The number of Topliss-reactive ketones (excluding diaryl/α,β-unsaturated/α-hetero) is 1. The number of benzene rings is 1. The Morgan fingerprint density at radius 1 is 1.21 bits per heavy atom. The second kappa shape index (κ2) is 8.28. The van der Waals surface area contributed by atoms with E-state index in [0.29, 0.717) is 24.3 Å². The van der Waals surface area contributed by atoms with Crippen LogP contribution in [0.15, 0.2) is 24.3 Å². The summed E-state index contributed by atoms with van der Waals surface area (Å²) >= 11 is 0. The van der Waals surface area contributed by atoms with Crippen LogP contribution in [0.5, 0.6) is 5.75 Å². The van der Waals surface area contributed by atoms with E-state index in [4.69, 9.17) is 4.74 Å². The standard InChI is InChI=1S/C17H23NO5S/c1-2-10-23-15-5-3-13(4-6-15)16(19)7-8-17(20)18-14-9-11-24(21,22)12-14/h3-6,14H,2,7-12H2,1H3,(H,18,20)/t14-/m0/s1. The normalized spacial score (nSPS) is 19.0. The lowest BCUT2D eigenvalue weighted by atomic mass is 10.1. The van der Waals surface area contributed by atoms with E-state index in [-0.39, 0.29) is 42.1 Å². The van der Waals surface area contributed by atoms with Gasteiger partial charge in [-0.05, 0) is 37.1 Å². The molecule has 0 bridgehead atoms. The Kier molecular flexibility index (Phi) is 6.36. The van der Waals surface area contributed by atoms with Gasteiger partial charge in [-0.15, -0.1) is 0 Å². The molecule has 24 heavy (non-hydrogen) atoms. The summed E-state index contributed by atoms with van der Waals surface area (Å²) in [5.74, 6) is 0.420. The summed E-state index contributed by atoms with van der Waals surface area (Å²) in [5.41, 5.74) is 0.537. The quantitative estimate of drug-likeness (QED) is 0.719. The molecule has 0 aromatic heterocycles. The fourth-order valence-electron chi connectivity index (χ4n) is 2.54. The number of amides is 1. The first-order valence-electron chi connectivity index (χ1n) is 8.15. The van der Waals surface area contributed by atoms with Crippen molar-refractivity contribution in [3.63, 3.8) is 0 Å². The van der Waals surface area contributed by atoms with Gasteiger partial charge in [0, 0.05) is 24.4 Å². The molecule has 0 spiro atoms. The molecule has 1 aromatic carbocycles. The number of hydrogen-bond acceptors (Lipinski definition) is 5. The van der Waals surface area contributed by atoms with Gasteiger partial charge in [0.15, 0.2) is 15.6 Å². The van der Waals surface area contributed by atoms with Crippen LogP contribution in [0.4, 0.5) is 0 Å². The van der Waals surface area contributed by atoms with Gasteiger partial charge in [-0.2, -0.15) is 0 Å². The summed E-state index contributed by atoms with van der Waals surface area (Å²) in [6.45, 7) is 2.65. The maximum atomic E-state index is 12.1. The Hall–Kier alpha value is -1.89. The van der Waals surface area contributed by atoms with Gasteiger partial charge >= 0.3 is 0 Å². The zero-order chi connectivity index (χ0) is 17.6. The predicted octanol–water partition coefficient (Wildman–Crippen LogP) is 1.74. The lowest BCUT2D eigenvalue weighted by Gasteiger charge is -2.10. The first-order chi connectivity index (χ1) is 11.4. The summed E-state index contributed by atoms with van der Waals surface area (Å²) in [6.07, 6.45) is 1.52. The largest absolute Gasteiger partial charge is 0.494 e. The number of carbonyl (C=O) groups is 2. The van der Waals surface area contributed by atoms with Gasteiger partial charge in [0.05, 0.1) is 18.1 Å². The highest BCUT2D eigenvalue weighted by atomic mass is 32.2. The minimum absolute atomic E-state index is 0.00803. The van der Waals surface area contributed by atoms with Crippen molar-refractivity contribution in [3.8, 4) is 5.75 Å². The molecule has 0 radical (unpaired) electrons. The topological polar surface area (TPSA) is 89.5 Å². The van der Waals surface area contributed by atoms with Crippen molar-refractivity contribution in [2.45, 2.75) is 38.6 Å². The van der Waals surface area contributed by atoms with Gasteiger partial charge in [0.1, 0.15) is 5.75 Å². The number of sulfone groups is 1. The Balaban J connectivity index is 1.77. The fourth-order valence-corrected chi connectivity index (χ4v) is 4.21. The zero-order valence-corrected chi connectivity index (χ0v) is 14.6. The Labute approximate surface area is 142 Å². The lowest BCUT2D eigenvalue weighted by Crippen LogP contribution is -2.35. The number of carbonyl (C=O) groups excluding carboxylic acids is 2. The molecule has 1 aliphatic rings. The Morgan fingerprint density at radius 2 is 1.92 bits per heavy atom. The second-order valence-corrected chi connectivity index (χ2v) is 8.19. The maximum Gasteiger partial charge on any atom is 0.220 e. The molecule has 1 N–H and O–H groups in total. The van der Waals surface area contributed by atoms with Crippen LogP contribution in [0.3, 0.4) is 0 Å². The molecule has 7 heteroatoms. The van der Waals surface area contributed by atoms with Gasteiger partial charge in [-0.25, -0.2) is 8.42 Å². The van der Waals surface area contributed by atoms with Gasteiger partial charge in [0.2, 0.25) is 5.91 Å². The number of hydrogen-bond donors (Lipinski definition) is 1. The third-order valence-corrected chi connectivity index (χ3v) is 5.59. The molecule has 1 heterocycles. The highest BCUT2D eigenvalue weighted by Crippen LogP contribution is 2.15. The highest BCUT2D eigenvalue weighted by Gasteiger charge is 2.28. The lowest BCUT2D eigenvalue weighted by molar-refractivity contribution is -0.121. The zero-order valence-electron chi connectivity index (χ0n) is 13.8. The van der Waals surface area contributed by atoms with Crippen molar-refractivity contribution in [1.82, 2.24) is 5.32 Å². The van der Waals surface area contributed by atoms with Crippen molar-refractivity contribution >= 4 is 21.5 Å². The number of nitrogens with one attached hydrogen (secondary N) is 1. The van der Waals surface area contributed by atoms with Crippen molar-refractivity contribution in [2.75, 3.05) is 18.1 Å². The average molecular weight is 353 g/mol. The molecule has 2 rings (SSSR count). The van der Waals surface area contributed by atoms with Gasteiger partial charge in [-0.1, -0.05) is 6.92 Å². The van der Waals surface area contributed by atoms with Crippen LogP contribution in [-0.4, -0.2) is 44.3 Å². The molecule has 0 unspecified atom stereocenters. The van der Waals surface area contributed by atoms with E-state index in [1.54, 1.807) is 24.3 Å². The van der Waals surface area contributed by atoms with Crippen molar-refractivity contribution in [1.29, 1.82) is 0 Å². The molecule has 1 amide bonds. The van der Waals surface area contributed by atoms with Crippen molar-refractivity contribution in [3.05, 3.63) is 29.8 Å². The minimum atomic E-state index is -3.02. The van der Waals surface area contributed by atoms with Crippen LogP contribution in [0.2, 0.25) is 0 Å². The van der Waals surface area contributed by atoms with Crippen LogP contribution in [0, 0.1) is 0 Å². The second-order valence-electron chi connectivity index (χ2n) is 5.96. The number of rotatable bonds is 8. The van der Waals surface area contributed by atoms with Crippen molar-refractivity contribution in [2.24, 2.45) is 0 Å². The summed E-state index contributed by atoms with van der Waals surface area (Å²) in [6, 6.07) is 6.54. The molecule has 0 saturated carbocycles. The van der Waals surface area contributed by atoms with E-state index >= 15 is 0 Å². The molecule has 132 valence electrons. The molecule has 0 aliphatic carbocycles. The Morgan fingerprint density at radius 3 is 2.50 bits per heavy atom. The van der Waals surface area contributed by atoms with E-state index in [1.165, 1.54) is 0 Å². The van der Waals surface area contributed by atoms with Gasteiger partial charge in [0.25, 0.3) is 0 Å². The molecular formula is C17H23NO5S. The molecule has 6 nitrogen and oxygen atoms in total.